The number of carbonyl (C=O) groups is 2. The van der Waals surface area contributed by atoms with Crippen LogP contribution in [0.2, 0.25) is 0 Å². The number of carbonyl (C=O) groups excluding carboxylic acids is 2. The molecule has 0 aromatic carbocycles. The molecule has 9 heteroatoms. The third kappa shape index (κ3) is 3.96. The van der Waals surface area contributed by atoms with Crippen molar-refractivity contribution in [1.29, 1.82) is 0 Å². The van der Waals surface area contributed by atoms with Gasteiger partial charge in [-0.15, -0.1) is 21.5 Å². The molecular formula is C15H18N4O3S2. The summed E-state index contributed by atoms with van der Waals surface area (Å²) in [5.41, 5.74) is 0. The maximum atomic E-state index is 12.0. The highest BCUT2D eigenvalue weighted by Gasteiger charge is 2.31. The van der Waals surface area contributed by atoms with Gasteiger partial charge in [-0.1, -0.05) is 17.8 Å². The summed E-state index contributed by atoms with van der Waals surface area (Å²) in [4.78, 5) is 24.4. The summed E-state index contributed by atoms with van der Waals surface area (Å²) in [6, 6.07) is 4.51. The number of nitrogens with one attached hydrogen (secondary N) is 1. The van der Waals surface area contributed by atoms with Crippen LogP contribution in [0.15, 0.2) is 22.7 Å². The molecule has 0 spiro atoms. The Morgan fingerprint density at radius 1 is 1.50 bits per heavy atom. The van der Waals surface area contributed by atoms with E-state index in [1.807, 2.05) is 11.4 Å². The summed E-state index contributed by atoms with van der Waals surface area (Å²) < 4.78 is 6.58. The lowest BCUT2D eigenvalue weighted by Crippen LogP contribution is -2.36. The normalized spacial score (nSPS) is 15.1. The lowest BCUT2D eigenvalue weighted by atomic mass is 10.3. The third-order valence-corrected chi connectivity index (χ3v) is 5.55. The summed E-state index contributed by atoms with van der Waals surface area (Å²) in [6.07, 6.45) is 2.19. The van der Waals surface area contributed by atoms with Crippen LogP contribution in [-0.4, -0.2) is 39.1 Å². The molecule has 1 aliphatic carbocycles. The van der Waals surface area contributed by atoms with E-state index in [0.29, 0.717) is 6.04 Å². The van der Waals surface area contributed by atoms with E-state index >= 15 is 0 Å². The minimum Gasteiger partial charge on any atom is -0.453 e. The zero-order chi connectivity index (χ0) is 17.1. The quantitative estimate of drug-likeness (QED) is 0.791. The molecule has 1 aliphatic rings. The van der Waals surface area contributed by atoms with E-state index in [1.54, 1.807) is 18.3 Å². The Labute approximate surface area is 147 Å². The van der Waals surface area contributed by atoms with Gasteiger partial charge in [0.15, 0.2) is 5.16 Å². The number of nitrogens with zero attached hydrogens (tertiary/aromatic N) is 3. The fourth-order valence-corrected chi connectivity index (χ4v) is 3.88. The van der Waals surface area contributed by atoms with Crippen molar-refractivity contribution in [3.8, 4) is 0 Å². The summed E-state index contributed by atoms with van der Waals surface area (Å²) in [6.45, 7) is 1.73. The highest BCUT2D eigenvalue weighted by atomic mass is 32.2. The van der Waals surface area contributed by atoms with Crippen molar-refractivity contribution in [2.45, 2.75) is 42.6 Å². The van der Waals surface area contributed by atoms with E-state index in [1.165, 1.54) is 23.7 Å². The molecule has 1 atom stereocenters. The van der Waals surface area contributed by atoms with Crippen LogP contribution in [-0.2, 0) is 16.0 Å². The summed E-state index contributed by atoms with van der Waals surface area (Å²) >= 11 is 3.00. The van der Waals surface area contributed by atoms with E-state index in [4.69, 9.17) is 0 Å². The maximum Gasteiger partial charge on any atom is 0.413 e. The van der Waals surface area contributed by atoms with Gasteiger partial charge in [0.05, 0.1) is 12.4 Å². The Bertz CT molecular complexity index is 725. The van der Waals surface area contributed by atoms with Crippen LogP contribution in [0.3, 0.4) is 0 Å². The minimum absolute atomic E-state index is 0.406. The van der Waals surface area contributed by atoms with Crippen molar-refractivity contribution >= 4 is 35.1 Å². The number of thiophene rings is 1. The molecule has 0 bridgehead atoms. The molecule has 2 heterocycles. The van der Waals surface area contributed by atoms with Gasteiger partial charge in [0, 0.05) is 17.3 Å². The topological polar surface area (TPSA) is 86.1 Å². The second-order valence-corrected chi connectivity index (χ2v) is 7.84. The van der Waals surface area contributed by atoms with E-state index < -0.39 is 17.3 Å². The van der Waals surface area contributed by atoms with E-state index in [0.717, 1.165) is 30.2 Å². The highest BCUT2D eigenvalue weighted by molar-refractivity contribution is 8.00. The van der Waals surface area contributed by atoms with Gasteiger partial charge in [-0.05, 0) is 31.2 Å². The standard InChI is InChI=1S/C15H18N4O3S2/c1-9(13(20)16-15(21)22-2)24-14-18-17-12(19(14)10-5-6-10)8-11-4-3-7-23-11/h3-4,7,9-10H,5-6,8H2,1-2H3,(H,16,20,21)/t9-/m0/s1. The number of thioether (sulfide) groups is 1. The number of aromatic nitrogens is 3. The monoisotopic (exact) mass is 366 g/mol. The molecule has 128 valence electrons. The van der Waals surface area contributed by atoms with Crippen molar-refractivity contribution in [1.82, 2.24) is 20.1 Å². The van der Waals surface area contributed by atoms with Crippen LogP contribution in [0.1, 0.15) is 36.5 Å². The fourth-order valence-electron chi connectivity index (χ4n) is 2.24. The van der Waals surface area contributed by atoms with Crippen molar-refractivity contribution in [2.24, 2.45) is 0 Å². The van der Waals surface area contributed by atoms with Gasteiger partial charge in [0.2, 0.25) is 5.91 Å². The SMILES string of the molecule is COC(=O)NC(=O)[C@H](C)Sc1nnc(Cc2cccs2)n1C1CC1. The van der Waals surface area contributed by atoms with Gasteiger partial charge in [-0.3, -0.25) is 10.1 Å². The number of alkyl carbamates (subject to hydrolysis) is 1. The van der Waals surface area contributed by atoms with Gasteiger partial charge in [-0.2, -0.15) is 0 Å². The molecular weight excluding hydrogens is 348 g/mol. The molecule has 0 aliphatic heterocycles. The van der Waals surface area contributed by atoms with Crippen LogP contribution >= 0.6 is 23.1 Å². The molecule has 2 aromatic rings. The number of ether oxygens (including phenoxy) is 1. The molecule has 1 saturated carbocycles. The van der Waals surface area contributed by atoms with Crippen molar-refractivity contribution in [3.63, 3.8) is 0 Å². The van der Waals surface area contributed by atoms with E-state index in [2.05, 4.69) is 30.9 Å². The zero-order valence-electron chi connectivity index (χ0n) is 13.4. The van der Waals surface area contributed by atoms with Gasteiger partial charge in [0.1, 0.15) is 5.82 Å². The van der Waals surface area contributed by atoms with Gasteiger partial charge in [0.25, 0.3) is 0 Å². The van der Waals surface area contributed by atoms with Crippen LogP contribution in [0.5, 0.6) is 0 Å². The second-order valence-electron chi connectivity index (χ2n) is 5.50. The molecule has 3 rings (SSSR count). The predicted molar refractivity (Wildman–Crippen MR) is 91.3 cm³/mol. The van der Waals surface area contributed by atoms with Crippen LogP contribution in [0, 0.1) is 0 Å². The first-order valence-electron chi connectivity index (χ1n) is 7.60. The average Bonchev–Trinajstić information content (AvgIpc) is 3.12. The van der Waals surface area contributed by atoms with Crippen molar-refractivity contribution in [2.75, 3.05) is 7.11 Å². The number of rotatable bonds is 6. The number of amides is 2. The number of methoxy groups -OCH3 is 1. The average molecular weight is 366 g/mol. The lowest BCUT2D eigenvalue weighted by Gasteiger charge is -2.12. The molecule has 24 heavy (non-hydrogen) atoms. The first-order valence-corrected chi connectivity index (χ1v) is 9.36. The van der Waals surface area contributed by atoms with E-state index in [9.17, 15) is 9.59 Å². The van der Waals surface area contributed by atoms with Gasteiger partial charge >= 0.3 is 6.09 Å². The molecule has 1 fully saturated rings. The Kier molecular flexibility index (Phi) is 5.20. The molecule has 2 amide bonds. The van der Waals surface area contributed by atoms with Gasteiger partial charge in [-0.25, -0.2) is 4.79 Å². The summed E-state index contributed by atoms with van der Waals surface area (Å²) in [5, 5.41) is 13.1. The smallest absolute Gasteiger partial charge is 0.413 e. The predicted octanol–water partition coefficient (Wildman–Crippen LogP) is 2.63. The first-order chi connectivity index (χ1) is 11.6. The maximum absolute atomic E-state index is 12.0. The second kappa shape index (κ2) is 7.35. The Hall–Kier alpha value is -1.87. The Morgan fingerprint density at radius 3 is 2.92 bits per heavy atom. The van der Waals surface area contributed by atoms with Crippen LogP contribution in [0.4, 0.5) is 4.79 Å². The summed E-state index contributed by atoms with van der Waals surface area (Å²) in [7, 11) is 1.22. The van der Waals surface area contributed by atoms with Gasteiger partial charge < -0.3 is 9.30 Å². The molecule has 1 N–H and O–H groups in total. The molecule has 0 saturated heterocycles. The minimum atomic E-state index is -0.755. The number of hydrogen-bond acceptors (Lipinski definition) is 7. The van der Waals surface area contributed by atoms with Crippen LogP contribution < -0.4 is 5.32 Å². The molecule has 7 nitrogen and oxygen atoms in total. The molecule has 0 radical (unpaired) electrons. The lowest BCUT2D eigenvalue weighted by molar-refractivity contribution is -0.119. The van der Waals surface area contributed by atoms with Crippen molar-refractivity contribution < 1.29 is 14.3 Å². The van der Waals surface area contributed by atoms with Crippen molar-refractivity contribution in [3.05, 3.63) is 28.2 Å². The number of imide groups is 1. The van der Waals surface area contributed by atoms with E-state index in [-0.39, 0.29) is 0 Å². The molecule has 0 unspecified atom stereocenters. The first kappa shape index (κ1) is 17.0. The molecule has 2 aromatic heterocycles. The summed E-state index contributed by atoms with van der Waals surface area (Å²) in [5.74, 6) is 0.514. The largest absolute Gasteiger partial charge is 0.453 e. The third-order valence-electron chi connectivity index (χ3n) is 3.62. The fraction of sp³-hybridized carbons (Fsp3) is 0.467. The van der Waals surface area contributed by atoms with Crippen LogP contribution in [0.25, 0.3) is 0 Å². The number of hydrogen-bond donors (Lipinski definition) is 1. The zero-order valence-corrected chi connectivity index (χ0v) is 15.0. The Morgan fingerprint density at radius 2 is 2.29 bits per heavy atom. The highest BCUT2D eigenvalue weighted by Crippen LogP contribution is 2.40. The Balaban J connectivity index is 1.72.